The molecule has 2 rings (SSSR count). The van der Waals surface area contributed by atoms with Crippen LogP contribution in [0.2, 0.25) is 0 Å². The highest BCUT2D eigenvalue weighted by molar-refractivity contribution is 7.99. The van der Waals surface area contributed by atoms with Crippen molar-refractivity contribution < 1.29 is 14.3 Å². The van der Waals surface area contributed by atoms with Crippen molar-refractivity contribution in [3.63, 3.8) is 0 Å². The molecule has 2 aromatic carbocycles. The van der Waals surface area contributed by atoms with Gasteiger partial charge < -0.3 is 14.8 Å². The Morgan fingerprint density at radius 2 is 1.79 bits per heavy atom. The van der Waals surface area contributed by atoms with Gasteiger partial charge in [-0.15, -0.1) is 11.8 Å². The average Bonchev–Trinajstić information content (AvgIpc) is 2.61. The number of rotatable bonds is 9. The maximum Gasteiger partial charge on any atom is 0.220 e. The summed E-state index contributed by atoms with van der Waals surface area (Å²) >= 11 is 1.69. The van der Waals surface area contributed by atoms with Gasteiger partial charge in [0.25, 0.3) is 0 Å². The number of aryl methyl sites for hydroxylation is 1. The fraction of sp³-hybridized carbons (Fsp3) is 0.316. The molecule has 0 saturated carbocycles. The molecule has 0 aliphatic heterocycles. The molecule has 1 amide bonds. The highest BCUT2D eigenvalue weighted by atomic mass is 32.2. The number of carbonyl (C=O) groups excluding carboxylic acids is 1. The van der Waals surface area contributed by atoms with Crippen LogP contribution in [0.1, 0.15) is 12.0 Å². The van der Waals surface area contributed by atoms with Crippen LogP contribution < -0.4 is 14.8 Å². The molecule has 0 saturated heterocycles. The van der Waals surface area contributed by atoms with Crippen LogP contribution in [0.15, 0.2) is 53.4 Å². The Morgan fingerprint density at radius 3 is 2.50 bits per heavy atom. The molecule has 0 bridgehead atoms. The van der Waals surface area contributed by atoms with Crippen molar-refractivity contribution in [2.24, 2.45) is 0 Å². The van der Waals surface area contributed by atoms with Crippen molar-refractivity contribution in [3.05, 3.63) is 54.1 Å². The summed E-state index contributed by atoms with van der Waals surface area (Å²) in [5.41, 5.74) is 1.24. The average molecular weight is 345 g/mol. The van der Waals surface area contributed by atoms with E-state index in [1.54, 1.807) is 18.9 Å². The third kappa shape index (κ3) is 6.16. The van der Waals surface area contributed by atoms with Gasteiger partial charge in [0.1, 0.15) is 6.61 Å². The first-order valence-corrected chi connectivity index (χ1v) is 8.89. The van der Waals surface area contributed by atoms with E-state index in [0.29, 0.717) is 31.1 Å². The lowest BCUT2D eigenvalue weighted by molar-refractivity contribution is -0.120. The van der Waals surface area contributed by atoms with Crippen LogP contribution >= 0.6 is 11.8 Å². The van der Waals surface area contributed by atoms with Gasteiger partial charge in [0.05, 0.1) is 13.7 Å². The lowest BCUT2D eigenvalue weighted by Crippen LogP contribution is -2.28. The van der Waals surface area contributed by atoms with E-state index in [9.17, 15) is 4.79 Å². The number of para-hydroxylation sites is 2. The van der Waals surface area contributed by atoms with Gasteiger partial charge >= 0.3 is 0 Å². The summed E-state index contributed by atoms with van der Waals surface area (Å²) in [6.45, 7) is 2.96. The van der Waals surface area contributed by atoms with Gasteiger partial charge in [0.2, 0.25) is 5.91 Å². The Labute approximate surface area is 147 Å². The van der Waals surface area contributed by atoms with Crippen LogP contribution in [0.3, 0.4) is 0 Å². The molecule has 0 heterocycles. The van der Waals surface area contributed by atoms with Gasteiger partial charge in [-0.05, 0) is 31.2 Å². The van der Waals surface area contributed by atoms with Crippen LogP contribution in [0.4, 0.5) is 0 Å². The van der Waals surface area contributed by atoms with Crippen LogP contribution in [-0.4, -0.2) is 31.9 Å². The summed E-state index contributed by atoms with van der Waals surface area (Å²) in [4.78, 5) is 13.0. The molecule has 0 aliphatic carbocycles. The third-order valence-corrected chi connectivity index (χ3v) is 4.38. The summed E-state index contributed by atoms with van der Waals surface area (Å²) in [6.07, 6.45) is 0.493. The first-order valence-electron chi connectivity index (χ1n) is 7.91. The molecular formula is C19H23NO3S. The Balaban J connectivity index is 1.60. The van der Waals surface area contributed by atoms with Gasteiger partial charge in [0, 0.05) is 17.1 Å². The van der Waals surface area contributed by atoms with Crippen molar-refractivity contribution in [1.29, 1.82) is 0 Å². The molecule has 5 heteroatoms. The number of carbonyl (C=O) groups is 1. The minimum atomic E-state index is 0.0400. The fourth-order valence-corrected chi connectivity index (χ4v) is 2.93. The number of ether oxygens (including phenoxy) is 2. The van der Waals surface area contributed by atoms with Crippen molar-refractivity contribution in [2.75, 3.05) is 26.0 Å². The van der Waals surface area contributed by atoms with Gasteiger partial charge in [-0.3, -0.25) is 4.79 Å². The molecule has 0 aliphatic rings. The van der Waals surface area contributed by atoms with Crippen LogP contribution in [0, 0.1) is 6.92 Å². The topological polar surface area (TPSA) is 47.6 Å². The number of hydrogen-bond donors (Lipinski definition) is 1. The van der Waals surface area contributed by atoms with E-state index >= 15 is 0 Å². The van der Waals surface area contributed by atoms with Crippen molar-refractivity contribution in [3.8, 4) is 11.5 Å². The highest BCUT2D eigenvalue weighted by Gasteiger charge is 2.04. The molecule has 24 heavy (non-hydrogen) atoms. The lowest BCUT2D eigenvalue weighted by Gasteiger charge is -2.10. The smallest absolute Gasteiger partial charge is 0.220 e. The van der Waals surface area contributed by atoms with Gasteiger partial charge in [0.15, 0.2) is 11.5 Å². The largest absolute Gasteiger partial charge is 0.493 e. The summed E-state index contributed by atoms with van der Waals surface area (Å²) in [7, 11) is 1.61. The number of amides is 1. The standard InChI is InChI=1S/C19H23NO3S/c1-15-7-9-16(10-8-15)24-14-11-19(21)20-12-13-23-18-6-4-3-5-17(18)22-2/h3-10H,11-14H2,1-2H3,(H,20,21). The molecule has 128 valence electrons. The fourth-order valence-electron chi connectivity index (χ4n) is 2.07. The van der Waals surface area contributed by atoms with E-state index in [-0.39, 0.29) is 5.91 Å². The van der Waals surface area contributed by atoms with E-state index in [1.165, 1.54) is 10.5 Å². The maximum absolute atomic E-state index is 11.8. The highest BCUT2D eigenvalue weighted by Crippen LogP contribution is 2.25. The summed E-state index contributed by atoms with van der Waals surface area (Å²) in [6, 6.07) is 15.8. The van der Waals surface area contributed by atoms with Gasteiger partial charge in [-0.25, -0.2) is 0 Å². The Bertz CT molecular complexity index is 643. The third-order valence-electron chi connectivity index (χ3n) is 3.37. The summed E-state index contributed by atoms with van der Waals surface area (Å²) in [5, 5.41) is 2.87. The zero-order valence-electron chi connectivity index (χ0n) is 14.1. The predicted octanol–water partition coefficient (Wildman–Crippen LogP) is 3.68. The zero-order valence-corrected chi connectivity index (χ0v) is 14.9. The van der Waals surface area contributed by atoms with Crippen molar-refractivity contribution >= 4 is 17.7 Å². The predicted molar refractivity (Wildman–Crippen MR) is 98.0 cm³/mol. The normalized spacial score (nSPS) is 10.2. The minimum Gasteiger partial charge on any atom is -0.493 e. The van der Waals surface area contributed by atoms with E-state index in [2.05, 4.69) is 36.5 Å². The number of nitrogens with one attached hydrogen (secondary N) is 1. The second-order valence-corrected chi connectivity index (χ2v) is 6.43. The van der Waals surface area contributed by atoms with E-state index in [1.807, 2.05) is 24.3 Å². The molecule has 2 aromatic rings. The molecule has 0 fully saturated rings. The first kappa shape index (κ1) is 18.2. The number of thioether (sulfide) groups is 1. The van der Waals surface area contributed by atoms with Crippen LogP contribution in [0.5, 0.6) is 11.5 Å². The SMILES string of the molecule is COc1ccccc1OCCNC(=O)CCSc1ccc(C)cc1. The van der Waals surface area contributed by atoms with Crippen LogP contribution in [0.25, 0.3) is 0 Å². The van der Waals surface area contributed by atoms with E-state index in [0.717, 1.165) is 5.75 Å². The molecule has 0 spiro atoms. The van der Waals surface area contributed by atoms with E-state index < -0.39 is 0 Å². The maximum atomic E-state index is 11.8. The minimum absolute atomic E-state index is 0.0400. The van der Waals surface area contributed by atoms with Crippen LogP contribution in [-0.2, 0) is 4.79 Å². The summed E-state index contributed by atoms with van der Waals surface area (Å²) < 4.78 is 10.8. The Morgan fingerprint density at radius 1 is 1.08 bits per heavy atom. The number of hydrogen-bond acceptors (Lipinski definition) is 4. The second-order valence-electron chi connectivity index (χ2n) is 5.26. The first-order chi connectivity index (χ1) is 11.7. The number of methoxy groups -OCH3 is 1. The van der Waals surface area contributed by atoms with E-state index in [4.69, 9.17) is 9.47 Å². The van der Waals surface area contributed by atoms with Gasteiger partial charge in [-0.1, -0.05) is 29.8 Å². The Hall–Kier alpha value is -2.14. The molecule has 0 atom stereocenters. The summed E-state index contributed by atoms with van der Waals surface area (Å²) in [5.74, 6) is 2.18. The van der Waals surface area contributed by atoms with Crippen molar-refractivity contribution in [2.45, 2.75) is 18.2 Å². The Kier molecular flexibility index (Phi) is 7.49. The molecular weight excluding hydrogens is 322 g/mol. The van der Waals surface area contributed by atoms with Crippen molar-refractivity contribution in [1.82, 2.24) is 5.32 Å². The molecule has 4 nitrogen and oxygen atoms in total. The molecule has 1 N–H and O–H groups in total. The molecule has 0 aromatic heterocycles. The quantitative estimate of drug-likeness (QED) is 0.556. The second kappa shape index (κ2) is 9.88. The zero-order chi connectivity index (χ0) is 17.2. The monoisotopic (exact) mass is 345 g/mol. The molecule has 0 unspecified atom stereocenters. The lowest BCUT2D eigenvalue weighted by atomic mass is 10.2. The van der Waals surface area contributed by atoms with Gasteiger partial charge in [-0.2, -0.15) is 0 Å². The molecule has 0 radical (unpaired) electrons. The number of benzene rings is 2.